The maximum absolute atomic E-state index is 12.8. The number of likely N-dealkylation sites (tertiary alicyclic amines) is 1. The van der Waals surface area contributed by atoms with Crippen LogP contribution in [-0.4, -0.2) is 67.2 Å². The third-order valence-electron chi connectivity index (χ3n) is 5.04. The second kappa shape index (κ2) is 9.06. The van der Waals surface area contributed by atoms with Crippen LogP contribution in [0.3, 0.4) is 0 Å². The summed E-state index contributed by atoms with van der Waals surface area (Å²) in [6.07, 6.45) is -4.34. The van der Waals surface area contributed by atoms with Crippen LogP contribution < -0.4 is 5.32 Å². The van der Waals surface area contributed by atoms with Gasteiger partial charge in [0.15, 0.2) is 0 Å². The highest BCUT2D eigenvalue weighted by atomic mass is 35.5. The molecule has 2 heterocycles. The Labute approximate surface area is 158 Å². The largest absolute Gasteiger partial charge is 0.389 e. The highest BCUT2D eigenvalue weighted by Crippen LogP contribution is 2.25. The number of carbonyl (C=O) groups is 1. The number of hydrogen-bond acceptors (Lipinski definition) is 3. The molecule has 1 amide bonds. The Hall–Kier alpha value is -1.31. The normalized spacial score (nSPS) is 21.5. The number of amides is 1. The highest BCUT2D eigenvalue weighted by Gasteiger charge is 2.32. The van der Waals surface area contributed by atoms with E-state index >= 15 is 0 Å². The molecule has 3 rings (SSSR count). The number of hydrogen-bond donors (Lipinski definition) is 1. The van der Waals surface area contributed by atoms with E-state index in [0.29, 0.717) is 30.3 Å². The van der Waals surface area contributed by atoms with Gasteiger partial charge in [-0.2, -0.15) is 13.2 Å². The minimum absolute atomic E-state index is 0. The minimum atomic E-state index is -4.21. The van der Waals surface area contributed by atoms with Crippen molar-refractivity contribution in [3.63, 3.8) is 0 Å². The lowest BCUT2D eigenvalue weighted by molar-refractivity contribution is -0.134. The van der Waals surface area contributed by atoms with Gasteiger partial charge >= 0.3 is 6.18 Å². The van der Waals surface area contributed by atoms with Crippen LogP contribution >= 0.6 is 12.4 Å². The van der Waals surface area contributed by atoms with Crippen molar-refractivity contribution in [1.29, 1.82) is 0 Å². The molecule has 2 saturated heterocycles. The number of rotatable bonds is 4. The summed E-state index contributed by atoms with van der Waals surface area (Å²) in [6, 6.07) is 7.03. The Balaban J connectivity index is 0.00000243. The number of nitrogens with one attached hydrogen (secondary N) is 1. The van der Waals surface area contributed by atoms with E-state index in [-0.39, 0.29) is 24.7 Å². The van der Waals surface area contributed by atoms with E-state index < -0.39 is 12.6 Å². The van der Waals surface area contributed by atoms with Crippen molar-refractivity contribution in [2.24, 2.45) is 0 Å². The summed E-state index contributed by atoms with van der Waals surface area (Å²) in [7, 11) is 0. The monoisotopic (exact) mass is 391 g/mol. The molecule has 2 fully saturated rings. The molecule has 2 aliphatic rings. The average molecular weight is 392 g/mol. The summed E-state index contributed by atoms with van der Waals surface area (Å²) in [5.74, 6) is -0.143. The molecular formula is C18H25ClF3N3O. The van der Waals surface area contributed by atoms with Crippen LogP contribution in [0.5, 0.6) is 0 Å². The van der Waals surface area contributed by atoms with Crippen molar-refractivity contribution >= 4 is 18.3 Å². The van der Waals surface area contributed by atoms with Crippen molar-refractivity contribution < 1.29 is 18.0 Å². The van der Waals surface area contributed by atoms with Gasteiger partial charge in [-0.15, -0.1) is 12.4 Å². The van der Waals surface area contributed by atoms with Crippen molar-refractivity contribution in [1.82, 2.24) is 15.1 Å². The maximum atomic E-state index is 12.8. The topological polar surface area (TPSA) is 35.6 Å². The van der Waals surface area contributed by atoms with Gasteiger partial charge in [0, 0.05) is 57.3 Å². The fourth-order valence-corrected chi connectivity index (χ4v) is 3.67. The van der Waals surface area contributed by atoms with Crippen LogP contribution in [0.25, 0.3) is 0 Å². The lowest BCUT2D eigenvalue weighted by atomic mass is 10.0. The summed E-state index contributed by atoms with van der Waals surface area (Å²) in [4.78, 5) is 17.0. The second-order valence-corrected chi connectivity index (χ2v) is 6.75. The first kappa shape index (κ1) is 21.0. The first-order valence-electron chi connectivity index (χ1n) is 8.83. The Morgan fingerprint density at radius 1 is 1.15 bits per heavy atom. The first-order valence-corrected chi connectivity index (χ1v) is 8.83. The van der Waals surface area contributed by atoms with Gasteiger partial charge in [0.25, 0.3) is 5.91 Å². The summed E-state index contributed by atoms with van der Waals surface area (Å²) in [6.45, 7) is 5.21. The van der Waals surface area contributed by atoms with Crippen LogP contribution in [0.2, 0.25) is 0 Å². The van der Waals surface area contributed by atoms with Crippen LogP contribution in [0, 0.1) is 0 Å². The van der Waals surface area contributed by atoms with E-state index in [0.717, 1.165) is 32.6 Å². The van der Waals surface area contributed by atoms with Gasteiger partial charge in [-0.3, -0.25) is 9.69 Å². The van der Waals surface area contributed by atoms with Crippen LogP contribution in [0.4, 0.5) is 13.2 Å². The molecule has 1 unspecified atom stereocenters. The van der Waals surface area contributed by atoms with Crippen LogP contribution in [0.1, 0.15) is 28.8 Å². The molecule has 8 heteroatoms. The molecule has 2 aliphatic heterocycles. The van der Waals surface area contributed by atoms with Gasteiger partial charge in [0.2, 0.25) is 0 Å². The van der Waals surface area contributed by atoms with Gasteiger partial charge in [0.05, 0.1) is 0 Å². The summed E-state index contributed by atoms with van der Waals surface area (Å²) < 4.78 is 37.6. The lowest BCUT2D eigenvalue weighted by Crippen LogP contribution is -2.49. The van der Waals surface area contributed by atoms with E-state index in [1.807, 2.05) is 0 Å². The third-order valence-corrected chi connectivity index (χ3v) is 5.04. The Kier molecular flexibility index (Phi) is 7.32. The number of benzene rings is 1. The predicted octanol–water partition coefficient (Wildman–Crippen LogP) is 2.72. The molecule has 1 N–H and O–H groups in total. The SMILES string of the molecule is Cl.O=C(c1ccccc1CCC(F)(F)F)N1CCC(N2CCNCC2)C1. The molecule has 0 radical (unpaired) electrons. The molecule has 0 aliphatic carbocycles. The zero-order chi connectivity index (χ0) is 17.9. The van der Waals surface area contributed by atoms with Gasteiger partial charge in [-0.05, 0) is 24.5 Å². The first-order chi connectivity index (χ1) is 11.9. The summed E-state index contributed by atoms with van der Waals surface area (Å²) in [5, 5.41) is 3.32. The van der Waals surface area contributed by atoms with E-state index in [2.05, 4.69) is 10.2 Å². The van der Waals surface area contributed by atoms with Crippen molar-refractivity contribution in [3.05, 3.63) is 35.4 Å². The van der Waals surface area contributed by atoms with E-state index in [1.54, 1.807) is 29.2 Å². The highest BCUT2D eigenvalue weighted by molar-refractivity contribution is 5.96. The summed E-state index contributed by atoms with van der Waals surface area (Å²) >= 11 is 0. The minimum Gasteiger partial charge on any atom is -0.337 e. The molecule has 0 aromatic heterocycles. The molecule has 0 bridgehead atoms. The van der Waals surface area contributed by atoms with E-state index in [1.165, 1.54) is 0 Å². The fraction of sp³-hybridized carbons (Fsp3) is 0.611. The van der Waals surface area contributed by atoms with E-state index in [9.17, 15) is 18.0 Å². The fourth-order valence-electron chi connectivity index (χ4n) is 3.67. The standard InChI is InChI=1S/C18H24F3N3O.ClH/c19-18(20,21)7-5-14-3-1-2-4-16(14)17(25)24-10-6-15(13-24)23-11-8-22-9-12-23;/h1-4,15,22H,5-13H2;1H. The average Bonchev–Trinajstić information content (AvgIpc) is 3.10. The van der Waals surface area contributed by atoms with Gasteiger partial charge in [-0.25, -0.2) is 0 Å². The Bertz CT molecular complexity index is 606. The van der Waals surface area contributed by atoms with Crippen LogP contribution in [-0.2, 0) is 6.42 Å². The number of alkyl halides is 3. The second-order valence-electron chi connectivity index (χ2n) is 6.75. The van der Waals surface area contributed by atoms with E-state index in [4.69, 9.17) is 0 Å². The molecule has 0 spiro atoms. The Morgan fingerprint density at radius 2 is 1.85 bits per heavy atom. The molecular weight excluding hydrogens is 367 g/mol. The van der Waals surface area contributed by atoms with Gasteiger partial charge < -0.3 is 10.2 Å². The number of piperazine rings is 1. The zero-order valence-corrected chi connectivity index (χ0v) is 15.4. The van der Waals surface area contributed by atoms with Crippen LogP contribution in [0.15, 0.2) is 24.3 Å². The number of halogens is 4. The van der Waals surface area contributed by atoms with Crippen molar-refractivity contribution in [2.45, 2.75) is 31.5 Å². The molecule has 26 heavy (non-hydrogen) atoms. The molecule has 1 aromatic rings. The molecule has 1 aromatic carbocycles. The molecule has 1 atom stereocenters. The number of aryl methyl sites for hydroxylation is 1. The van der Waals surface area contributed by atoms with Gasteiger partial charge in [-0.1, -0.05) is 18.2 Å². The maximum Gasteiger partial charge on any atom is 0.389 e. The Morgan fingerprint density at radius 3 is 2.54 bits per heavy atom. The van der Waals surface area contributed by atoms with Crippen molar-refractivity contribution in [3.8, 4) is 0 Å². The number of nitrogens with zero attached hydrogens (tertiary/aromatic N) is 2. The quantitative estimate of drug-likeness (QED) is 0.857. The van der Waals surface area contributed by atoms with Crippen molar-refractivity contribution in [2.75, 3.05) is 39.3 Å². The lowest BCUT2D eigenvalue weighted by Gasteiger charge is -2.32. The third kappa shape index (κ3) is 5.34. The number of carbonyl (C=O) groups excluding carboxylic acids is 1. The van der Waals surface area contributed by atoms with Gasteiger partial charge in [0.1, 0.15) is 0 Å². The molecule has 4 nitrogen and oxygen atoms in total. The smallest absolute Gasteiger partial charge is 0.337 e. The predicted molar refractivity (Wildman–Crippen MR) is 96.8 cm³/mol. The zero-order valence-electron chi connectivity index (χ0n) is 14.6. The summed E-state index contributed by atoms with van der Waals surface area (Å²) in [5.41, 5.74) is 0.892. The molecule has 0 saturated carbocycles. The molecule has 146 valence electrons.